The molecule has 106 valence electrons. The molecule has 8 heteroatoms. The van der Waals surface area contributed by atoms with Crippen molar-refractivity contribution in [3.05, 3.63) is 18.5 Å². The number of hydrogen-bond acceptors (Lipinski definition) is 7. The number of hydrogen-bond donors (Lipinski definition) is 2. The van der Waals surface area contributed by atoms with Gasteiger partial charge in [-0.25, -0.2) is 4.68 Å². The fourth-order valence-corrected chi connectivity index (χ4v) is 2.52. The van der Waals surface area contributed by atoms with Gasteiger partial charge < -0.3 is 15.7 Å². The van der Waals surface area contributed by atoms with Crippen LogP contribution in [-0.4, -0.2) is 49.0 Å². The molecule has 0 aliphatic carbocycles. The summed E-state index contributed by atoms with van der Waals surface area (Å²) in [5.41, 5.74) is 5.76. The Hall–Kier alpha value is -2.22. The van der Waals surface area contributed by atoms with Crippen molar-refractivity contribution in [2.75, 3.05) is 23.8 Å². The van der Waals surface area contributed by atoms with Crippen LogP contribution in [0, 0.1) is 5.92 Å². The number of anilines is 2. The summed E-state index contributed by atoms with van der Waals surface area (Å²) in [5.74, 6) is 1.42. The molecule has 20 heavy (non-hydrogen) atoms. The Balaban J connectivity index is 1.98. The molecule has 3 heterocycles. The maximum atomic E-state index is 9.53. The summed E-state index contributed by atoms with van der Waals surface area (Å²) in [6.07, 6.45) is 4.39. The molecular formula is C12H17N7O. The second-order valence-corrected chi connectivity index (χ2v) is 4.95. The van der Waals surface area contributed by atoms with Gasteiger partial charge in [0.05, 0.1) is 12.6 Å². The minimum atomic E-state index is 0.0160. The molecule has 8 nitrogen and oxygen atoms in total. The van der Waals surface area contributed by atoms with Crippen molar-refractivity contribution in [1.29, 1.82) is 0 Å². The van der Waals surface area contributed by atoms with Gasteiger partial charge in [0, 0.05) is 18.9 Å². The summed E-state index contributed by atoms with van der Waals surface area (Å²) >= 11 is 0. The zero-order valence-corrected chi connectivity index (χ0v) is 11.2. The third kappa shape index (κ3) is 2.18. The Bertz CT molecular complexity index is 585. The summed E-state index contributed by atoms with van der Waals surface area (Å²) in [5, 5.41) is 13.6. The number of rotatable bonds is 3. The maximum Gasteiger partial charge on any atom is 0.257 e. The first-order valence-corrected chi connectivity index (χ1v) is 6.58. The second kappa shape index (κ2) is 5.04. The molecule has 0 radical (unpaired) electrons. The highest BCUT2D eigenvalue weighted by Gasteiger charge is 2.32. The van der Waals surface area contributed by atoms with Crippen LogP contribution in [0.15, 0.2) is 18.5 Å². The fraction of sp³-hybridized carbons (Fsp3) is 0.500. The van der Waals surface area contributed by atoms with E-state index >= 15 is 0 Å². The predicted octanol–water partition coefficient (Wildman–Crippen LogP) is -0.153. The van der Waals surface area contributed by atoms with Gasteiger partial charge in [-0.1, -0.05) is 6.92 Å². The fourth-order valence-electron chi connectivity index (χ4n) is 2.52. The van der Waals surface area contributed by atoms with E-state index in [9.17, 15) is 5.11 Å². The number of aromatic nitrogens is 5. The van der Waals surface area contributed by atoms with Crippen molar-refractivity contribution in [1.82, 2.24) is 24.7 Å². The van der Waals surface area contributed by atoms with Gasteiger partial charge in [-0.15, -0.1) is 0 Å². The van der Waals surface area contributed by atoms with Gasteiger partial charge in [0.15, 0.2) is 0 Å². The lowest BCUT2D eigenvalue weighted by atomic mass is 10.0. The topological polar surface area (TPSA) is 106 Å². The van der Waals surface area contributed by atoms with E-state index in [1.54, 1.807) is 18.5 Å². The van der Waals surface area contributed by atoms with Gasteiger partial charge >= 0.3 is 0 Å². The Morgan fingerprint density at radius 2 is 2.15 bits per heavy atom. The lowest BCUT2D eigenvalue weighted by Crippen LogP contribution is -2.36. The van der Waals surface area contributed by atoms with Crippen LogP contribution in [0.5, 0.6) is 0 Å². The van der Waals surface area contributed by atoms with Gasteiger partial charge in [0.1, 0.15) is 0 Å². The van der Waals surface area contributed by atoms with Gasteiger partial charge in [0.2, 0.25) is 11.9 Å². The summed E-state index contributed by atoms with van der Waals surface area (Å²) < 4.78 is 1.54. The van der Waals surface area contributed by atoms with Crippen molar-refractivity contribution in [2.24, 2.45) is 5.92 Å². The van der Waals surface area contributed by atoms with Crippen LogP contribution in [0.25, 0.3) is 5.95 Å². The molecule has 2 aromatic rings. The van der Waals surface area contributed by atoms with E-state index in [1.807, 2.05) is 4.90 Å². The smallest absolute Gasteiger partial charge is 0.257 e. The van der Waals surface area contributed by atoms with Crippen LogP contribution in [0.2, 0.25) is 0 Å². The largest absolute Gasteiger partial charge is 0.394 e. The van der Waals surface area contributed by atoms with Gasteiger partial charge in [-0.3, -0.25) is 0 Å². The van der Waals surface area contributed by atoms with E-state index in [0.29, 0.717) is 17.8 Å². The first-order valence-electron chi connectivity index (χ1n) is 6.58. The Morgan fingerprint density at radius 3 is 2.85 bits per heavy atom. The van der Waals surface area contributed by atoms with Crippen LogP contribution in [0.3, 0.4) is 0 Å². The molecule has 0 bridgehead atoms. The van der Waals surface area contributed by atoms with Gasteiger partial charge in [-0.05, 0) is 18.4 Å². The molecule has 2 unspecified atom stereocenters. The number of nitrogens with two attached hydrogens (primary N) is 1. The molecule has 0 amide bonds. The molecule has 0 spiro atoms. The lowest BCUT2D eigenvalue weighted by Gasteiger charge is -2.25. The van der Waals surface area contributed by atoms with Crippen LogP contribution >= 0.6 is 0 Å². The molecule has 1 saturated heterocycles. The van der Waals surface area contributed by atoms with Crippen molar-refractivity contribution in [3.8, 4) is 5.95 Å². The molecule has 0 aromatic carbocycles. The summed E-state index contributed by atoms with van der Waals surface area (Å²) in [6.45, 7) is 2.98. The minimum absolute atomic E-state index is 0.0160. The summed E-state index contributed by atoms with van der Waals surface area (Å²) in [4.78, 5) is 14.7. The van der Waals surface area contributed by atoms with Crippen molar-refractivity contribution in [2.45, 2.75) is 19.4 Å². The van der Waals surface area contributed by atoms with Crippen LogP contribution in [0.1, 0.15) is 13.3 Å². The number of nitrogens with zero attached hydrogens (tertiary/aromatic N) is 6. The highest BCUT2D eigenvalue weighted by molar-refractivity contribution is 5.40. The molecule has 1 aliphatic heterocycles. The Labute approximate surface area is 116 Å². The van der Waals surface area contributed by atoms with Crippen LogP contribution < -0.4 is 10.6 Å². The zero-order valence-electron chi connectivity index (χ0n) is 11.2. The van der Waals surface area contributed by atoms with Crippen LogP contribution in [-0.2, 0) is 0 Å². The molecule has 1 fully saturated rings. The van der Waals surface area contributed by atoms with E-state index < -0.39 is 0 Å². The van der Waals surface area contributed by atoms with E-state index in [-0.39, 0.29) is 18.6 Å². The molecule has 3 N–H and O–H groups in total. The Kier molecular flexibility index (Phi) is 3.23. The number of aliphatic hydroxyl groups excluding tert-OH is 1. The van der Waals surface area contributed by atoms with Crippen molar-refractivity contribution < 1.29 is 5.11 Å². The van der Waals surface area contributed by atoms with Gasteiger partial charge in [0.25, 0.3) is 5.95 Å². The van der Waals surface area contributed by atoms with Crippen molar-refractivity contribution >= 4 is 11.9 Å². The SMILES string of the molecule is CC1CCN(c2nc(N)nc(-n3cccn3)n2)C1CO. The average molecular weight is 275 g/mol. The quantitative estimate of drug-likeness (QED) is 0.802. The number of nitrogen functional groups attached to an aromatic ring is 1. The highest BCUT2D eigenvalue weighted by atomic mass is 16.3. The lowest BCUT2D eigenvalue weighted by molar-refractivity contribution is 0.244. The molecule has 2 aromatic heterocycles. The van der Waals surface area contributed by atoms with E-state index in [2.05, 4.69) is 27.0 Å². The first-order chi connectivity index (χ1) is 9.69. The predicted molar refractivity (Wildman–Crippen MR) is 73.4 cm³/mol. The zero-order chi connectivity index (χ0) is 14.1. The number of aliphatic hydroxyl groups is 1. The molecule has 3 rings (SSSR count). The van der Waals surface area contributed by atoms with E-state index in [1.165, 1.54) is 4.68 Å². The highest BCUT2D eigenvalue weighted by Crippen LogP contribution is 2.27. The third-order valence-electron chi connectivity index (χ3n) is 3.66. The summed E-state index contributed by atoms with van der Waals surface area (Å²) in [6, 6.07) is 1.80. The average Bonchev–Trinajstić information content (AvgIpc) is 3.06. The van der Waals surface area contributed by atoms with E-state index in [0.717, 1.165) is 13.0 Å². The molecule has 2 atom stereocenters. The second-order valence-electron chi connectivity index (χ2n) is 4.95. The maximum absolute atomic E-state index is 9.53. The third-order valence-corrected chi connectivity index (χ3v) is 3.66. The van der Waals surface area contributed by atoms with Crippen molar-refractivity contribution in [3.63, 3.8) is 0 Å². The molecular weight excluding hydrogens is 258 g/mol. The molecule has 0 saturated carbocycles. The van der Waals surface area contributed by atoms with Crippen LogP contribution in [0.4, 0.5) is 11.9 Å². The van der Waals surface area contributed by atoms with E-state index in [4.69, 9.17) is 5.73 Å². The van der Waals surface area contributed by atoms with Gasteiger partial charge in [-0.2, -0.15) is 20.1 Å². The minimum Gasteiger partial charge on any atom is -0.394 e. The Morgan fingerprint density at radius 1 is 1.35 bits per heavy atom. The molecule has 1 aliphatic rings. The normalized spacial score (nSPS) is 22.4. The monoisotopic (exact) mass is 275 g/mol. The standard InChI is InChI=1S/C12H17N7O/c1-8-3-6-18(9(8)7-20)11-15-10(13)16-12(17-11)19-5-2-4-14-19/h2,4-5,8-9,20H,3,6-7H2,1H3,(H2,13,15,16,17). The summed E-state index contributed by atoms with van der Waals surface area (Å²) in [7, 11) is 0. The first kappa shape index (κ1) is 12.8.